The first kappa shape index (κ1) is 15.6. The number of hydrogen-bond donors (Lipinski definition) is 1. The van der Waals surface area contributed by atoms with Gasteiger partial charge in [-0.2, -0.15) is 0 Å². The fourth-order valence-electron chi connectivity index (χ4n) is 2.66. The fourth-order valence-corrected chi connectivity index (χ4v) is 3.00. The number of likely N-dealkylation sites (N-methyl/N-ethyl adjacent to an activating group) is 1. The van der Waals surface area contributed by atoms with Crippen LogP contribution in [-0.4, -0.2) is 30.4 Å². The molecule has 0 spiro atoms. The number of halogens is 2. The van der Waals surface area contributed by atoms with Crippen molar-refractivity contribution in [2.24, 2.45) is 0 Å². The molecule has 1 N–H and O–H groups in total. The molecular formula is C15H20Cl2N2O. The highest BCUT2D eigenvalue weighted by Gasteiger charge is 2.20. The Morgan fingerprint density at radius 2 is 2.00 bits per heavy atom. The lowest BCUT2D eigenvalue weighted by Gasteiger charge is -2.30. The topological polar surface area (TPSA) is 32.3 Å². The lowest BCUT2D eigenvalue weighted by molar-refractivity contribution is -0.117. The highest BCUT2D eigenvalue weighted by molar-refractivity contribution is 6.35. The van der Waals surface area contributed by atoms with Gasteiger partial charge in [-0.05, 0) is 38.1 Å². The molecule has 1 saturated carbocycles. The highest BCUT2D eigenvalue weighted by atomic mass is 35.5. The van der Waals surface area contributed by atoms with Crippen LogP contribution in [0.5, 0.6) is 0 Å². The standard InChI is InChI=1S/C15H20Cl2N2O/c1-19(12-5-3-2-4-6-12)10-15(20)18-14-9-11(16)7-8-13(14)17/h7-9,12H,2-6,10H2,1H3,(H,18,20). The molecule has 1 aliphatic rings. The molecule has 1 aromatic carbocycles. The Kier molecular flexibility index (Phi) is 5.70. The van der Waals surface area contributed by atoms with E-state index in [0.29, 0.717) is 28.3 Å². The van der Waals surface area contributed by atoms with Crippen molar-refractivity contribution in [3.63, 3.8) is 0 Å². The molecule has 1 fully saturated rings. The van der Waals surface area contributed by atoms with Gasteiger partial charge in [-0.15, -0.1) is 0 Å². The molecule has 20 heavy (non-hydrogen) atoms. The number of amides is 1. The largest absolute Gasteiger partial charge is 0.324 e. The van der Waals surface area contributed by atoms with Gasteiger partial charge in [0, 0.05) is 11.1 Å². The molecule has 5 heteroatoms. The number of nitrogens with zero attached hydrogens (tertiary/aromatic N) is 1. The summed E-state index contributed by atoms with van der Waals surface area (Å²) in [7, 11) is 2.01. The number of rotatable bonds is 4. The number of carbonyl (C=O) groups excluding carboxylic acids is 1. The van der Waals surface area contributed by atoms with E-state index in [9.17, 15) is 4.79 Å². The third kappa shape index (κ3) is 4.37. The number of anilines is 1. The van der Waals surface area contributed by atoms with Crippen LogP contribution >= 0.6 is 23.2 Å². The maximum Gasteiger partial charge on any atom is 0.238 e. The minimum atomic E-state index is -0.0535. The second kappa shape index (κ2) is 7.30. The SMILES string of the molecule is CN(CC(=O)Nc1cc(Cl)ccc1Cl)C1CCCCC1. The van der Waals surface area contributed by atoms with Crippen molar-refractivity contribution in [1.29, 1.82) is 0 Å². The van der Waals surface area contributed by atoms with E-state index in [4.69, 9.17) is 23.2 Å². The highest BCUT2D eigenvalue weighted by Crippen LogP contribution is 2.26. The molecule has 0 unspecified atom stereocenters. The lowest BCUT2D eigenvalue weighted by Crippen LogP contribution is -2.39. The minimum Gasteiger partial charge on any atom is -0.324 e. The number of nitrogens with one attached hydrogen (secondary N) is 1. The Morgan fingerprint density at radius 3 is 2.70 bits per heavy atom. The van der Waals surface area contributed by atoms with E-state index >= 15 is 0 Å². The Balaban J connectivity index is 1.89. The predicted molar refractivity (Wildman–Crippen MR) is 84.6 cm³/mol. The molecule has 0 atom stereocenters. The van der Waals surface area contributed by atoms with Crippen molar-refractivity contribution >= 4 is 34.8 Å². The van der Waals surface area contributed by atoms with Crippen LogP contribution in [0.2, 0.25) is 10.0 Å². The predicted octanol–water partition coefficient (Wildman–Crippen LogP) is 4.20. The number of carbonyl (C=O) groups is 1. The van der Waals surface area contributed by atoms with Crippen molar-refractivity contribution in [2.75, 3.05) is 18.9 Å². The van der Waals surface area contributed by atoms with Crippen molar-refractivity contribution in [3.8, 4) is 0 Å². The van der Waals surface area contributed by atoms with Gasteiger partial charge < -0.3 is 5.32 Å². The normalized spacial score (nSPS) is 16.4. The first-order chi connectivity index (χ1) is 9.56. The molecule has 0 radical (unpaired) electrons. The van der Waals surface area contributed by atoms with Gasteiger partial charge >= 0.3 is 0 Å². The second-order valence-electron chi connectivity index (χ2n) is 5.38. The van der Waals surface area contributed by atoms with E-state index < -0.39 is 0 Å². The van der Waals surface area contributed by atoms with Crippen LogP contribution in [0.1, 0.15) is 32.1 Å². The summed E-state index contributed by atoms with van der Waals surface area (Å²) in [6.45, 7) is 0.382. The lowest BCUT2D eigenvalue weighted by atomic mass is 9.94. The fraction of sp³-hybridized carbons (Fsp3) is 0.533. The molecule has 1 aromatic rings. The van der Waals surface area contributed by atoms with Crippen LogP contribution in [0, 0.1) is 0 Å². The Labute approximate surface area is 130 Å². The maximum atomic E-state index is 12.1. The van der Waals surface area contributed by atoms with Crippen LogP contribution in [0.3, 0.4) is 0 Å². The molecule has 1 amide bonds. The quantitative estimate of drug-likeness (QED) is 0.903. The van der Waals surface area contributed by atoms with Gasteiger partial charge in [0.05, 0.1) is 17.3 Å². The van der Waals surface area contributed by atoms with Gasteiger partial charge in [0.15, 0.2) is 0 Å². The molecule has 3 nitrogen and oxygen atoms in total. The van der Waals surface area contributed by atoms with E-state index in [1.807, 2.05) is 7.05 Å². The summed E-state index contributed by atoms with van der Waals surface area (Å²) in [6, 6.07) is 5.57. The van der Waals surface area contributed by atoms with Crippen LogP contribution in [0.15, 0.2) is 18.2 Å². The molecule has 0 aromatic heterocycles. The zero-order valence-corrected chi connectivity index (χ0v) is 13.2. The average molecular weight is 315 g/mol. The summed E-state index contributed by atoms with van der Waals surface area (Å²) < 4.78 is 0. The molecule has 0 saturated heterocycles. The maximum absolute atomic E-state index is 12.1. The smallest absolute Gasteiger partial charge is 0.238 e. The Hall–Kier alpha value is -0.770. The molecule has 2 rings (SSSR count). The summed E-state index contributed by atoms with van der Waals surface area (Å²) >= 11 is 11.9. The van der Waals surface area contributed by atoms with Gasteiger partial charge in [-0.25, -0.2) is 0 Å². The number of benzene rings is 1. The van der Waals surface area contributed by atoms with Gasteiger partial charge in [-0.1, -0.05) is 42.5 Å². The van der Waals surface area contributed by atoms with Crippen molar-refractivity contribution in [1.82, 2.24) is 4.90 Å². The van der Waals surface area contributed by atoms with E-state index in [-0.39, 0.29) is 5.91 Å². The van der Waals surface area contributed by atoms with Crippen LogP contribution in [-0.2, 0) is 4.79 Å². The van der Waals surface area contributed by atoms with Gasteiger partial charge in [-0.3, -0.25) is 9.69 Å². The minimum absolute atomic E-state index is 0.0535. The van der Waals surface area contributed by atoms with Crippen LogP contribution in [0.25, 0.3) is 0 Å². The first-order valence-electron chi connectivity index (χ1n) is 7.01. The number of hydrogen-bond acceptors (Lipinski definition) is 2. The van der Waals surface area contributed by atoms with Gasteiger partial charge in [0.1, 0.15) is 0 Å². The summed E-state index contributed by atoms with van der Waals surface area (Å²) in [5.41, 5.74) is 0.571. The monoisotopic (exact) mass is 314 g/mol. The zero-order valence-electron chi connectivity index (χ0n) is 11.7. The Bertz CT molecular complexity index is 473. The molecule has 0 aliphatic heterocycles. The summed E-state index contributed by atoms with van der Waals surface area (Å²) in [5, 5.41) is 3.89. The van der Waals surface area contributed by atoms with Crippen molar-refractivity contribution in [2.45, 2.75) is 38.1 Å². The van der Waals surface area contributed by atoms with Crippen LogP contribution in [0.4, 0.5) is 5.69 Å². The summed E-state index contributed by atoms with van der Waals surface area (Å²) in [4.78, 5) is 14.2. The Morgan fingerprint density at radius 1 is 1.30 bits per heavy atom. The first-order valence-corrected chi connectivity index (χ1v) is 7.77. The second-order valence-corrected chi connectivity index (χ2v) is 6.22. The van der Waals surface area contributed by atoms with E-state index in [2.05, 4.69) is 10.2 Å². The molecular weight excluding hydrogens is 295 g/mol. The van der Waals surface area contributed by atoms with Gasteiger partial charge in [0.2, 0.25) is 5.91 Å². The third-order valence-corrected chi connectivity index (χ3v) is 4.36. The van der Waals surface area contributed by atoms with Crippen molar-refractivity contribution in [3.05, 3.63) is 28.2 Å². The molecule has 110 valence electrons. The van der Waals surface area contributed by atoms with Gasteiger partial charge in [0.25, 0.3) is 0 Å². The van der Waals surface area contributed by atoms with E-state index in [1.54, 1.807) is 18.2 Å². The average Bonchev–Trinajstić information content (AvgIpc) is 2.43. The summed E-state index contributed by atoms with van der Waals surface area (Å²) in [5.74, 6) is -0.0535. The van der Waals surface area contributed by atoms with Crippen LogP contribution < -0.4 is 5.32 Å². The molecule has 1 aliphatic carbocycles. The third-order valence-electron chi connectivity index (χ3n) is 3.79. The zero-order chi connectivity index (χ0) is 14.5. The van der Waals surface area contributed by atoms with Crippen molar-refractivity contribution < 1.29 is 4.79 Å². The molecule has 0 heterocycles. The molecule has 0 bridgehead atoms. The van der Waals surface area contributed by atoms with E-state index in [0.717, 1.165) is 0 Å². The summed E-state index contributed by atoms with van der Waals surface area (Å²) in [6.07, 6.45) is 6.20. The van der Waals surface area contributed by atoms with E-state index in [1.165, 1.54) is 32.1 Å².